The summed E-state index contributed by atoms with van der Waals surface area (Å²) in [7, 11) is 1.63. The maximum absolute atomic E-state index is 10.6. The van der Waals surface area contributed by atoms with Crippen molar-refractivity contribution >= 4 is 5.97 Å². The highest BCUT2D eigenvalue weighted by molar-refractivity contribution is 5.73. The molecule has 0 amide bonds. The van der Waals surface area contributed by atoms with Gasteiger partial charge in [0, 0.05) is 18.5 Å². The van der Waals surface area contributed by atoms with Gasteiger partial charge in [-0.05, 0) is 17.7 Å². The Kier molecular flexibility index (Phi) is 5.32. The summed E-state index contributed by atoms with van der Waals surface area (Å²) in [6.07, 6.45) is 0. The van der Waals surface area contributed by atoms with Crippen LogP contribution in [0.2, 0.25) is 0 Å². The Balaban J connectivity index is 2.57. The predicted molar refractivity (Wildman–Crippen MR) is 74.5 cm³/mol. The van der Waals surface area contributed by atoms with Crippen molar-refractivity contribution in [3.05, 3.63) is 29.8 Å². The minimum atomic E-state index is -0.991. The summed E-state index contributed by atoms with van der Waals surface area (Å²) in [5, 5.41) is 11.8. The van der Waals surface area contributed by atoms with Crippen LogP contribution in [-0.2, 0) is 10.2 Å². The minimum Gasteiger partial charge on any atom is -0.497 e. The second-order valence-corrected chi connectivity index (χ2v) is 5.19. The Labute approximate surface area is 113 Å². The molecule has 0 aliphatic heterocycles. The van der Waals surface area contributed by atoms with Crippen LogP contribution in [0.1, 0.15) is 19.4 Å². The van der Waals surface area contributed by atoms with Gasteiger partial charge in [0.15, 0.2) is 0 Å². The van der Waals surface area contributed by atoms with Gasteiger partial charge in [-0.2, -0.15) is 0 Å². The van der Waals surface area contributed by atoms with Gasteiger partial charge in [0.1, 0.15) is 11.8 Å². The van der Waals surface area contributed by atoms with Crippen LogP contribution in [-0.4, -0.2) is 37.3 Å². The molecule has 0 heterocycles. The topological polar surface area (TPSA) is 84.6 Å². The standard InChI is InChI=1S/C14H22N2O3/c1-14(2,9-16-8-12(15)13(17)18)10-4-6-11(19-3)7-5-10/h4-7,12,16H,8-9,15H2,1-3H3,(H,17,18). The van der Waals surface area contributed by atoms with Gasteiger partial charge in [0.2, 0.25) is 0 Å². The number of hydrogen-bond donors (Lipinski definition) is 3. The van der Waals surface area contributed by atoms with Crippen LogP contribution in [0.25, 0.3) is 0 Å². The van der Waals surface area contributed by atoms with Crippen LogP contribution in [0.5, 0.6) is 5.75 Å². The fourth-order valence-electron chi connectivity index (χ4n) is 1.77. The first kappa shape index (κ1) is 15.5. The lowest BCUT2D eigenvalue weighted by Crippen LogP contribution is -2.44. The Hall–Kier alpha value is -1.59. The zero-order chi connectivity index (χ0) is 14.5. The third-order valence-corrected chi connectivity index (χ3v) is 3.12. The quantitative estimate of drug-likeness (QED) is 0.685. The van der Waals surface area contributed by atoms with E-state index in [0.717, 1.165) is 11.3 Å². The molecule has 1 aromatic carbocycles. The largest absolute Gasteiger partial charge is 0.497 e. The Morgan fingerprint density at radius 2 is 2.00 bits per heavy atom. The van der Waals surface area contributed by atoms with Crippen LogP contribution in [0.3, 0.4) is 0 Å². The van der Waals surface area contributed by atoms with E-state index in [-0.39, 0.29) is 12.0 Å². The highest BCUT2D eigenvalue weighted by Gasteiger charge is 2.21. The van der Waals surface area contributed by atoms with E-state index in [0.29, 0.717) is 6.54 Å². The Bertz CT molecular complexity index is 415. The normalized spacial score (nSPS) is 13.1. The molecule has 19 heavy (non-hydrogen) atoms. The summed E-state index contributed by atoms with van der Waals surface area (Å²) >= 11 is 0. The van der Waals surface area contributed by atoms with Gasteiger partial charge in [-0.25, -0.2) is 0 Å². The number of carboxylic acids is 1. The van der Waals surface area contributed by atoms with Crippen LogP contribution in [0.4, 0.5) is 0 Å². The monoisotopic (exact) mass is 266 g/mol. The number of carboxylic acid groups (broad SMARTS) is 1. The number of carbonyl (C=O) groups is 1. The molecular formula is C14H22N2O3. The molecule has 1 unspecified atom stereocenters. The fraction of sp³-hybridized carbons (Fsp3) is 0.500. The zero-order valence-corrected chi connectivity index (χ0v) is 11.6. The van der Waals surface area contributed by atoms with Crippen LogP contribution >= 0.6 is 0 Å². The highest BCUT2D eigenvalue weighted by atomic mass is 16.5. The molecule has 0 aromatic heterocycles. The number of nitrogens with two attached hydrogens (primary N) is 1. The average molecular weight is 266 g/mol. The first-order chi connectivity index (χ1) is 8.86. The first-order valence-electron chi connectivity index (χ1n) is 6.20. The van der Waals surface area contributed by atoms with E-state index in [9.17, 15) is 4.79 Å². The highest BCUT2D eigenvalue weighted by Crippen LogP contribution is 2.24. The molecule has 0 fully saturated rings. The molecule has 1 rings (SSSR count). The average Bonchev–Trinajstić information content (AvgIpc) is 2.38. The molecule has 0 spiro atoms. The maximum Gasteiger partial charge on any atom is 0.321 e. The number of benzene rings is 1. The summed E-state index contributed by atoms with van der Waals surface area (Å²) in [4.78, 5) is 10.6. The number of ether oxygens (including phenoxy) is 1. The second kappa shape index (κ2) is 6.54. The van der Waals surface area contributed by atoms with Crippen molar-refractivity contribution in [1.82, 2.24) is 5.32 Å². The van der Waals surface area contributed by atoms with Crippen molar-refractivity contribution in [2.45, 2.75) is 25.3 Å². The Morgan fingerprint density at radius 1 is 1.42 bits per heavy atom. The summed E-state index contributed by atoms with van der Waals surface area (Å²) in [6, 6.07) is 6.99. The van der Waals surface area contributed by atoms with Crippen molar-refractivity contribution in [3.8, 4) is 5.75 Å². The summed E-state index contributed by atoms with van der Waals surface area (Å²) in [5.74, 6) is -0.171. The van der Waals surface area contributed by atoms with Gasteiger partial charge >= 0.3 is 5.97 Å². The van der Waals surface area contributed by atoms with Crippen LogP contribution < -0.4 is 15.8 Å². The van der Waals surface area contributed by atoms with Crippen molar-refractivity contribution < 1.29 is 14.6 Å². The summed E-state index contributed by atoms with van der Waals surface area (Å²) in [5.41, 5.74) is 6.49. The summed E-state index contributed by atoms with van der Waals surface area (Å²) in [6.45, 7) is 5.09. The van der Waals surface area contributed by atoms with Crippen LogP contribution in [0.15, 0.2) is 24.3 Å². The molecule has 4 N–H and O–H groups in total. The van der Waals surface area contributed by atoms with Gasteiger partial charge in [-0.3, -0.25) is 4.79 Å². The van der Waals surface area contributed by atoms with E-state index in [2.05, 4.69) is 19.2 Å². The molecule has 0 aliphatic rings. The number of rotatable bonds is 7. The molecule has 0 aliphatic carbocycles. The second-order valence-electron chi connectivity index (χ2n) is 5.19. The molecule has 0 bridgehead atoms. The van der Waals surface area contributed by atoms with E-state index in [1.165, 1.54) is 0 Å². The molecule has 0 radical (unpaired) electrons. The van der Waals surface area contributed by atoms with Crippen molar-refractivity contribution in [2.75, 3.05) is 20.2 Å². The number of hydrogen-bond acceptors (Lipinski definition) is 4. The van der Waals surface area contributed by atoms with Crippen molar-refractivity contribution in [3.63, 3.8) is 0 Å². The first-order valence-corrected chi connectivity index (χ1v) is 6.20. The van der Waals surface area contributed by atoms with Crippen molar-refractivity contribution in [1.29, 1.82) is 0 Å². The molecule has 0 saturated carbocycles. The lowest BCUT2D eigenvalue weighted by atomic mass is 9.84. The van der Waals surface area contributed by atoms with E-state index in [1.54, 1.807) is 7.11 Å². The molecule has 106 valence electrons. The Morgan fingerprint density at radius 3 is 2.47 bits per heavy atom. The fourth-order valence-corrected chi connectivity index (χ4v) is 1.77. The molecule has 5 nitrogen and oxygen atoms in total. The number of nitrogens with one attached hydrogen (secondary N) is 1. The molecule has 1 aromatic rings. The molecule has 5 heteroatoms. The molecule has 1 atom stereocenters. The summed E-state index contributed by atoms with van der Waals surface area (Å²) < 4.78 is 5.12. The third-order valence-electron chi connectivity index (χ3n) is 3.12. The number of aliphatic carboxylic acids is 1. The molecule has 0 saturated heterocycles. The van der Waals surface area contributed by atoms with E-state index in [4.69, 9.17) is 15.6 Å². The predicted octanol–water partition coefficient (Wildman–Crippen LogP) is 0.974. The third kappa shape index (κ3) is 4.54. The van der Waals surface area contributed by atoms with Gasteiger partial charge in [0.25, 0.3) is 0 Å². The van der Waals surface area contributed by atoms with E-state index < -0.39 is 12.0 Å². The van der Waals surface area contributed by atoms with Gasteiger partial charge in [0.05, 0.1) is 7.11 Å². The number of methoxy groups -OCH3 is 1. The maximum atomic E-state index is 10.6. The van der Waals surface area contributed by atoms with E-state index in [1.807, 2.05) is 24.3 Å². The lowest BCUT2D eigenvalue weighted by Gasteiger charge is -2.26. The zero-order valence-electron chi connectivity index (χ0n) is 11.6. The lowest BCUT2D eigenvalue weighted by molar-refractivity contribution is -0.138. The van der Waals surface area contributed by atoms with Gasteiger partial charge in [-0.15, -0.1) is 0 Å². The van der Waals surface area contributed by atoms with E-state index >= 15 is 0 Å². The van der Waals surface area contributed by atoms with Crippen LogP contribution in [0, 0.1) is 0 Å². The smallest absolute Gasteiger partial charge is 0.321 e. The van der Waals surface area contributed by atoms with Crippen molar-refractivity contribution in [2.24, 2.45) is 5.73 Å². The minimum absolute atomic E-state index is 0.107. The molecular weight excluding hydrogens is 244 g/mol. The van der Waals surface area contributed by atoms with Gasteiger partial charge in [-0.1, -0.05) is 26.0 Å². The van der Waals surface area contributed by atoms with Gasteiger partial charge < -0.3 is 20.9 Å². The SMILES string of the molecule is COc1ccc(C(C)(C)CNCC(N)C(=O)O)cc1.